The number of nitrogens with one attached hydrogen (secondary N) is 1. The predicted molar refractivity (Wildman–Crippen MR) is 165 cm³/mol. The highest BCUT2D eigenvalue weighted by atomic mass is 32.2. The Labute approximate surface area is 261 Å². The minimum absolute atomic E-state index is 0.0636. The predicted octanol–water partition coefficient (Wildman–Crippen LogP) is 3.56. The van der Waals surface area contributed by atoms with Gasteiger partial charge in [0.05, 0.1) is 96.3 Å². The fourth-order valence-electron chi connectivity index (χ4n) is 3.47. The van der Waals surface area contributed by atoms with Crippen LogP contribution in [0.25, 0.3) is 0 Å². The quantitative estimate of drug-likeness (QED) is 0.0826. The normalized spacial score (nSPS) is 11.5. The van der Waals surface area contributed by atoms with Crippen molar-refractivity contribution < 1.29 is 50.6 Å². The third-order valence-corrected chi connectivity index (χ3v) is 7.13. The maximum Gasteiger partial charge on any atom is 0.338 e. The van der Waals surface area contributed by atoms with Crippen LogP contribution in [-0.2, 0) is 47.5 Å². The smallest absolute Gasteiger partial charge is 0.338 e. The minimum Gasteiger partial charge on any atom is -0.460 e. The zero-order chi connectivity index (χ0) is 31.6. The van der Waals surface area contributed by atoms with E-state index in [1.54, 1.807) is 30.3 Å². The Hall–Kier alpha value is -2.62. The van der Waals surface area contributed by atoms with Gasteiger partial charge in [0.15, 0.2) is 0 Å². The number of ether oxygens (including phenoxy) is 7. The largest absolute Gasteiger partial charge is 0.460 e. The Kier molecular flexibility index (Phi) is 21.1. The van der Waals surface area contributed by atoms with E-state index in [1.165, 1.54) is 12.1 Å². The maximum absolute atomic E-state index is 12.1. The Balaban J connectivity index is 1.27. The summed E-state index contributed by atoms with van der Waals surface area (Å²) < 4.78 is 66.5. The van der Waals surface area contributed by atoms with Crippen LogP contribution in [0.2, 0.25) is 0 Å². The van der Waals surface area contributed by atoms with E-state index in [0.29, 0.717) is 78.2 Å². The van der Waals surface area contributed by atoms with Gasteiger partial charge in [-0.3, -0.25) is 4.18 Å². The number of hydrogen-bond acceptors (Lipinski definition) is 12. The molecule has 44 heavy (non-hydrogen) atoms. The summed E-state index contributed by atoms with van der Waals surface area (Å²) in [5, 5.41) is 3.31. The molecule has 12 nitrogen and oxygen atoms in total. The van der Waals surface area contributed by atoms with Crippen LogP contribution in [-0.4, -0.2) is 113 Å². The summed E-state index contributed by atoms with van der Waals surface area (Å²) in [7, 11) is -3.76. The van der Waals surface area contributed by atoms with Gasteiger partial charge in [0.25, 0.3) is 10.1 Å². The summed E-state index contributed by atoms with van der Waals surface area (Å²) in [4.78, 5) is 12.2. The molecule has 0 atom stereocenters. The molecule has 248 valence electrons. The second kappa shape index (κ2) is 24.7. The highest BCUT2D eigenvalue weighted by Crippen LogP contribution is 2.12. The minimum atomic E-state index is -3.76. The van der Waals surface area contributed by atoms with Crippen LogP contribution < -0.4 is 5.32 Å². The van der Waals surface area contributed by atoms with Crippen molar-refractivity contribution in [2.45, 2.75) is 24.7 Å². The number of carbonyl (C=O) groups excluding carboxylic acids is 1. The van der Waals surface area contributed by atoms with Crippen LogP contribution in [0.5, 0.6) is 0 Å². The van der Waals surface area contributed by atoms with Gasteiger partial charge in [-0.1, -0.05) is 31.5 Å². The van der Waals surface area contributed by atoms with E-state index >= 15 is 0 Å². The fraction of sp³-hybridized carbons (Fsp3) is 0.581. The first-order valence-corrected chi connectivity index (χ1v) is 16.4. The van der Waals surface area contributed by atoms with Gasteiger partial charge in [-0.15, -0.1) is 0 Å². The van der Waals surface area contributed by atoms with Gasteiger partial charge in [-0.05, 0) is 42.8 Å². The molecule has 0 saturated heterocycles. The van der Waals surface area contributed by atoms with Crippen molar-refractivity contribution in [2.75, 3.05) is 104 Å². The number of anilines is 1. The van der Waals surface area contributed by atoms with Gasteiger partial charge in [0.1, 0.15) is 6.61 Å². The molecule has 0 bridgehead atoms. The molecule has 0 unspecified atom stereocenters. The lowest BCUT2D eigenvalue weighted by molar-refractivity contribution is -0.0201. The Bertz CT molecular complexity index is 1090. The van der Waals surface area contributed by atoms with E-state index in [1.807, 2.05) is 12.1 Å². The average Bonchev–Trinajstić information content (AvgIpc) is 3.04. The van der Waals surface area contributed by atoms with Crippen LogP contribution in [0.15, 0.2) is 59.5 Å². The SMILES string of the molecule is CCCCNc1ccc(C(=O)OCCOCCOCCOCCOCCOCCOCCOS(=O)(=O)c2ccccc2)cc1. The molecule has 1 N–H and O–H groups in total. The molecule has 0 amide bonds. The number of unbranched alkanes of at least 4 members (excludes halogenated alkanes) is 1. The fourth-order valence-corrected chi connectivity index (χ4v) is 4.38. The van der Waals surface area contributed by atoms with Crippen LogP contribution in [0.4, 0.5) is 5.69 Å². The van der Waals surface area contributed by atoms with Crippen molar-refractivity contribution in [1.82, 2.24) is 0 Å². The molecule has 2 rings (SSSR count). The molecule has 0 saturated carbocycles. The van der Waals surface area contributed by atoms with E-state index in [4.69, 9.17) is 37.3 Å². The van der Waals surface area contributed by atoms with Gasteiger partial charge in [-0.25, -0.2) is 4.79 Å². The molecular weight excluding hydrogens is 594 g/mol. The first-order chi connectivity index (χ1) is 21.5. The van der Waals surface area contributed by atoms with Gasteiger partial charge in [0, 0.05) is 12.2 Å². The molecule has 0 heterocycles. The standard InChI is InChI=1S/C31H47NO11S/c1-2-3-13-32-29-11-9-28(10-12-29)31(33)42-26-24-40-22-20-38-18-16-36-14-15-37-17-19-39-21-23-41-25-27-43-44(34,35)30-7-5-4-6-8-30/h4-12,32H,2-3,13-27H2,1H3. The lowest BCUT2D eigenvalue weighted by Gasteiger charge is -2.09. The maximum atomic E-state index is 12.1. The molecule has 0 aromatic heterocycles. The highest BCUT2D eigenvalue weighted by molar-refractivity contribution is 7.86. The topological polar surface area (TPSA) is 137 Å². The van der Waals surface area contributed by atoms with Crippen LogP contribution in [0, 0.1) is 0 Å². The summed E-state index contributed by atoms with van der Waals surface area (Å²) in [6.07, 6.45) is 2.23. The van der Waals surface area contributed by atoms with E-state index < -0.39 is 10.1 Å². The number of benzene rings is 2. The summed E-state index contributed by atoms with van der Waals surface area (Å²) in [5.74, 6) is -0.372. The van der Waals surface area contributed by atoms with E-state index in [-0.39, 0.29) is 30.7 Å². The first-order valence-electron chi connectivity index (χ1n) is 14.9. The van der Waals surface area contributed by atoms with Crippen molar-refractivity contribution >= 4 is 21.8 Å². The molecule has 0 radical (unpaired) electrons. The Morgan fingerprint density at radius 2 is 1.07 bits per heavy atom. The summed E-state index contributed by atoms with van der Waals surface area (Å²) in [6.45, 7) is 7.71. The van der Waals surface area contributed by atoms with Crippen LogP contribution >= 0.6 is 0 Å². The van der Waals surface area contributed by atoms with Crippen LogP contribution in [0.3, 0.4) is 0 Å². The number of hydrogen-bond donors (Lipinski definition) is 1. The van der Waals surface area contributed by atoms with E-state index in [0.717, 1.165) is 25.1 Å². The van der Waals surface area contributed by atoms with Crippen molar-refractivity contribution in [3.05, 3.63) is 60.2 Å². The lowest BCUT2D eigenvalue weighted by Crippen LogP contribution is -2.15. The van der Waals surface area contributed by atoms with Crippen molar-refractivity contribution in [3.8, 4) is 0 Å². The van der Waals surface area contributed by atoms with E-state index in [9.17, 15) is 13.2 Å². The second-order valence-electron chi connectivity index (χ2n) is 9.26. The monoisotopic (exact) mass is 641 g/mol. The number of rotatable bonds is 28. The van der Waals surface area contributed by atoms with Gasteiger partial charge < -0.3 is 38.5 Å². The summed E-state index contributed by atoms with van der Waals surface area (Å²) in [6, 6.07) is 15.2. The Morgan fingerprint density at radius 1 is 0.614 bits per heavy atom. The molecule has 0 aliphatic carbocycles. The van der Waals surface area contributed by atoms with E-state index in [2.05, 4.69) is 12.2 Å². The third-order valence-electron chi connectivity index (χ3n) is 5.80. The van der Waals surface area contributed by atoms with Gasteiger partial charge in [-0.2, -0.15) is 8.42 Å². The molecule has 0 aliphatic rings. The average molecular weight is 642 g/mol. The van der Waals surface area contributed by atoms with Crippen molar-refractivity contribution in [2.24, 2.45) is 0 Å². The third kappa shape index (κ3) is 18.2. The first kappa shape index (κ1) is 37.6. The van der Waals surface area contributed by atoms with Crippen LogP contribution in [0.1, 0.15) is 30.1 Å². The molecule has 13 heteroatoms. The van der Waals surface area contributed by atoms with Gasteiger partial charge in [0.2, 0.25) is 0 Å². The molecule has 2 aromatic carbocycles. The zero-order valence-electron chi connectivity index (χ0n) is 25.6. The number of esters is 1. The van der Waals surface area contributed by atoms with Crippen molar-refractivity contribution in [1.29, 1.82) is 0 Å². The zero-order valence-corrected chi connectivity index (χ0v) is 26.4. The van der Waals surface area contributed by atoms with Crippen molar-refractivity contribution in [3.63, 3.8) is 0 Å². The highest BCUT2D eigenvalue weighted by Gasteiger charge is 2.13. The second-order valence-corrected chi connectivity index (χ2v) is 10.9. The lowest BCUT2D eigenvalue weighted by atomic mass is 10.2. The van der Waals surface area contributed by atoms with Gasteiger partial charge >= 0.3 is 5.97 Å². The summed E-state index contributed by atoms with van der Waals surface area (Å²) in [5.41, 5.74) is 1.50. The Morgan fingerprint density at radius 3 is 1.55 bits per heavy atom. The summed E-state index contributed by atoms with van der Waals surface area (Å²) >= 11 is 0. The molecule has 0 spiro atoms. The molecule has 2 aromatic rings. The molecule has 0 aliphatic heterocycles. The molecular formula is C31H47NO11S. The molecule has 0 fully saturated rings. The number of carbonyl (C=O) groups is 1.